The van der Waals surface area contributed by atoms with Crippen LogP contribution in [0.3, 0.4) is 0 Å². The van der Waals surface area contributed by atoms with Crippen molar-refractivity contribution in [2.45, 2.75) is 77.1 Å². The zero-order valence-electron chi connectivity index (χ0n) is 15.2. The van der Waals surface area contributed by atoms with Gasteiger partial charge in [0.1, 0.15) is 5.78 Å². The maximum atomic E-state index is 12.5. The van der Waals surface area contributed by atoms with E-state index in [4.69, 9.17) is 4.74 Å². The molecule has 0 spiro atoms. The quantitative estimate of drug-likeness (QED) is 0.772. The molecule has 4 nitrogen and oxygen atoms in total. The fourth-order valence-electron chi connectivity index (χ4n) is 7.23. The lowest BCUT2D eigenvalue weighted by Gasteiger charge is -2.61. The predicted molar refractivity (Wildman–Crippen MR) is 90.3 cm³/mol. The number of ether oxygens (including phenoxy) is 1. The Labute approximate surface area is 145 Å². The Morgan fingerprint density at radius 1 is 1.12 bits per heavy atom. The molecule has 24 heavy (non-hydrogen) atoms. The van der Waals surface area contributed by atoms with Crippen molar-refractivity contribution in [3.63, 3.8) is 0 Å². The molecule has 0 aromatic carbocycles. The average molecular weight is 336 g/mol. The van der Waals surface area contributed by atoms with Crippen LogP contribution in [0.15, 0.2) is 0 Å². The van der Waals surface area contributed by atoms with Gasteiger partial charge in [-0.25, -0.2) is 0 Å². The van der Waals surface area contributed by atoms with Gasteiger partial charge in [0.05, 0.1) is 23.7 Å². The van der Waals surface area contributed by atoms with Crippen LogP contribution in [0.1, 0.15) is 58.8 Å². The average Bonchev–Trinajstić information content (AvgIpc) is 2.79. The van der Waals surface area contributed by atoms with Crippen molar-refractivity contribution in [3.05, 3.63) is 0 Å². The van der Waals surface area contributed by atoms with Gasteiger partial charge in [0.15, 0.2) is 0 Å². The van der Waals surface area contributed by atoms with Gasteiger partial charge in [0, 0.05) is 19.4 Å². The number of carbonyl (C=O) groups is 1. The zero-order valence-corrected chi connectivity index (χ0v) is 15.2. The van der Waals surface area contributed by atoms with Crippen LogP contribution >= 0.6 is 0 Å². The summed E-state index contributed by atoms with van der Waals surface area (Å²) in [5, 5.41) is 21.5. The highest BCUT2D eigenvalue weighted by atomic mass is 16.5. The molecule has 0 amide bonds. The Hall–Kier alpha value is -0.450. The molecule has 0 aliphatic heterocycles. The van der Waals surface area contributed by atoms with Crippen LogP contribution in [0, 0.1) is 34.5 Å². The van der Waals surface area contributed by atoms with E-state index in [-0.39, 0.29) is 23.5 Å². The van der Waals surface area contributed by atoms with E-state index in [0.29, 0.717) is 23.9 Å². The summed E-state index contributed by atoms with van der Waals surface area (Å²) in [7, 11) is 1.81. The largest absolute Gasteiger partial charge is 0.392 e. The lowest BCUT2D eigenvalue weighted by molar-refractivity contribution is -0.179. The SMILES string of the molecule is CO[C@@H]1CC[C@@]2(C)[C@@H](CC[C@@H]3[C@H]4[C@@H](O)CC(=O)[C@@]4(C)[C@@H](O)C[C@H]32)C1. The van der Waals surface area contributed by atoms with Crippen molar-refractivity contribution in [3.8, 4) is 0 Å². The third-order valence-electron chi connectivity index (χ3n) is 8.76. The molecule has 0 bridgehead atoms. The second kappa shape index (κ2) is 5.52. The Balaban J connectivity index is 1.67. The number of fused-ring (bicyclic) bond motifs is 5. The molecule has 0 saturated heterocycles. The van der Waals surface area contributed by atoms with E-state index in [2.05, 4.69) is 6.92 Å². The number of Topliss-reactive ketones (excluding diaryl/α,β-unsaturated/α-hetero) is 1. The van der Waals surface area contributed by atoms with Crippen LogP contribution in [-0.4, -0.2) is 41.4 Å². The fourth-order valence-corrected chi connectivity index (χ4v) is 7.23. The predicted octanol–water partition coefficient (Wildman–Crippen LogP) is 2.55. The number of hydrogen-bond acceptors (Lipinski definition) is 4. The van der Waals surface area contributed by atoms with Gasteiger partial charge in [-0.15, -0.1) is 0 Å². The molecule has 4 heteroatoms. The van der Waals surface area contributed by atoms with Crippen molar-refractivity contribution >= 4 is 5.78 Å². The van der Waals surface area contributed by atoms with E-state index in [1.165, 1.54) is 6.42 Å². The third kappa shape index (κ3) is 2.05. The van der Waals surface area contributed by atoms with Crippen molar-refractivity contribution in [1.29, 1.82) is 0 Å². The highest BCUT2D eigenvalue weighted by molar-refractivity contribution is 5.88. The minimum Gasteiger partial charge on any atom is -0.392 e. The first-order valence-electron chi connectivity index (χ1n) is 9.74. The van der Waals surface area contributed by atoms with E-state index in [0.717, 1.165) is 32.1 Å². The molecule has 2 N–H and O–H groups in total. The van der Waals surface area contributed by atoms with Crippen LogP contribution in [-0.2, 0) is 9.53 Å². The summed E-state index contributed by atoms with van der Waals surface area (Å²) in [4.78, 5) is 12.5. The maximum absolute atomic E-state index is 12.5. The lowest BCUT2D eigenvalue weighted by atomic mass is 9.44. The molecular formula is C20H32O4. The normalized spacial score (nSPS) is 57.2. The fraction of sp³-hybridized carbons (Fsp3) is 0.950. The Kier molecular flexibility index (Phi) is 3.91. The first-order chi connectivity index (χ1) is 11.3. The van der Waals surface area contributed by atoms with Gasteiger partial charge in [-0.3, -0.25) is 4.79 Å². The van der Waals surface area contributed by atoms with Gasteiger partial charge in [-0.05, 0) is 68.6 Å². The number of ketones is 1. The molecule has 0 aromatic heterocycles. The van der Waals surface area contributed by atoms with Gasteiger partial charge >= 0.3 is 0 Å². The van der Waals surface area contributed by atoms with Gasteiger partial charge in [-0.1, -0.05) is 6.92 Å². The van der Waals surface area contributed by atoms with E-state index < -0.39 is 17.6 Å². The first kappa shape index (κ1) is 17.0. The number of carbonyl (C=O) groups excluding carboxylic acids is 1. The van der Waals surface area contributed by atoms with Crippen molar-refractivity contribution in [1.82, 2.24) is 0 Å². The van der Waals surface area contributed by atoms with Crippen molar-refractivity contribution < 1.29 is 19.7 Å². The zero-order chi connectivity index (χ0) is 17.3. The standard InChI is InChI=1S/C20H32O4/c1-19-7-6-12(24-3)8-11(19)4-5-13-14(19)9-16(22)20(2)17(23)10-15(21)18(13)20/h11-16,18,21-22H,4-10H2,1-3H3/t11-,12+,13-,14+,15-,16-,18-,19-,20+/m0/s1. The molecule has 0 heterocycles. The highest BCUT2D eigenvalue weighted by Crippen LogP contribution is 2.65. The molecule has 4 aliphatic rings. The summed E-state index contributed by atoms with van der Waals surface area (Å²) >= 11 is 0. The number of methoxy groups -OCH3 is 1. The Bertz CT molecular complexity index is 534. The number of hydrogen-bond donors (Lipinski definition) is 2. The highest BCUT2D eigenvalue weighted by Gasteiger charge is 2.66. The lowest BCUT2D eigenvalue weighted by Crippen LogP contribution is -2.59. The first-order valence-corrected chi connectivity index (χ1v) is 9.74. The van der Waals surface area contributed by atoms with Crippen LogP contribution in [0.2, 0.25) is 0 Å². The van der Waals surface area contributed by atoms with E-state index >= 15 is 0 Å². The second-order valence-corrected chi connectivity index (χ2v) is 9.44. The molecule has 4 saturated carbocycles. The number of rotatable bonds is 1. The minimum atomic E-state index is -0.729. The topological polar surface area (TPSA) is 66.8 Å². The molecule has 136 valence electrons. The van der Waals surface area contributed by atoms with E-state index in [1.807, 2.05) is 14.0 Å². The van der Waals surface area contributed by atoms with Gasteiger partial charge in [0.25, 0.3) is 0 Å². The van der Waals surface area contributed by atoms with Gasteiger partial charge in [0.2, 0.25) is 0 Å². The second-order valence-electron chi connectivity index (χ2n) is 9.44. The molecule has 0 aromatic rings. The van der Waals surface area contributed by atoms with Crippen LogP contribution < -0.4 is 0 Å². The van der Waals surface area contributed by atoms with Gasteiger partial charge < -0.3 is 14.9 Å². The summed E-state index contributed by atoms with van der Waals surface area (Å²) in [6.45, 7) is 4.31. The monoisotopic (exact) mass is 336 g/mol. The van der Waals surface area contributed by atoms with Crippen LogP contribution in [0.4, 0.5) is 0 Å². The molecular weight excluding hydrogens is 304 g/mol. The summed E-state index contributed by atoms with van der Waals surface area (Å²) in [6, 6.07) is 0. The van der Waals surface area contributed by atoms with Crippen molar-refractivity contribution in [2.24, 2.45) is 34.5 Å². The van der Waals surface area contributed by atoms with Gasteiger partial charge in [-0.2, -0.15) is 0 Å². The summed E-state index contributed by atoms with van der Waals surface area (Å²) in [5.74, 6) is 1.45. The van der Waals surface area contributed by atoms with Crippen molar-refractivity contribution in [2.75, 3.05) is 7.11 Å². The summed E-state index contributed by atoms with van der Waals surface area (Å²) in [6.07, 6.45) is 5.74. The number of aliphatic hydroxyl groups is 2. The Morgan fingerprint density at radius 3 is 2.58 bits per heavy atom. The molecule has 9 atom stereocenters. The molecule has 4 rings (SSSR count). The minimum absolute atomic E-state index is 0.0586. The molecule has 4 fully saturated rings. The Morgan fingerprint density at radius 2 is 1.88 bits per heavy atom. The van der Waals surface area contributed by atoms with E-state index in [1.54, 1.807) is 0 Å². The number of aliphatic hydroxyl groups excluding tert-OH is 2. The molecule has 0 unspecified atom stereocenters. The van der Waals surface area contributed by atoms with Crippen LogP contribution in [0.5, 0.6) is 0 Å². The van der Waals surface area contributed by atoms with Crippen LogP contribution in [0.25, 0.3) is 0 Å². The molecule has 4 aliphatic carbocycles. The molecule has 0 radical (unpaired) electrons. The smallest absolute Gasteiger partial charge is 0.144 e. The summed E-state index contributed by atoms with van der Waals surface area (Å²) < 4.78 is 5.62. The summed E-state index contributed by atoms with van der Waals surface area (Å²) in [5.41, 5.74) is -0.515. The van der Waals surface area contributed by atoms with E-state index in [9.17, 15) is 15.0 Å². The maximum Gasteiger partial charge on any atom is 0.144 e. The third-order valence-corrected chi connectivity index (χ3v) is 8.76.